The van der Waals surface area contributed by atoms with Gasteiger partial charge in [-0.3, -0.25) is 0 Å². The topological polar surface area (TPSA) is 44.8 Å². The van der Waals surface area contributed by atoms with Crippen LogP contribution in [0.15, 0.2) is 54.6 Å². The van der Waals surface area contributed by atoms with E-state index in [1.54, 1.807) is 0 Å². The zero-order valence-corrected chi connectivity index (χ0v) is 17.0. The van der Waals surface area contributed by atoms with Gasteiger partial charge in [0.25, 0.3) is 0 Å². The van der Waals surface area contributed by atoms with Crippen molar-refractivity contribution in [2.45, 2.75) is 45.7 Å². The fourth-order valence-electron chi connectivity index (χ4n) is 2.51. The monoisotopic (exact) mass is 372 g/mol. The second-order valence-corrected chi connectivity index (χ2v) is 11.6. The summed E-state index contributed by atoms with van der Waals surface area (Å²) >= 11 is 0. The minimum atomic E-state index is -1.85. The van der Waals surface area contributed by atoms with Gasteiger partial charge in [-0.05, 0) is 49.8 Å². The summed E-state index contributed by atoms with van der Waals surface area (Å²) in [5, 5.41) is 0. The Morgan fingerprint density at radius 1 is 0.962 bits per heavy atom. The predicted octanol–water partition coefficient (Wildman–Crippen LogP) is 4.59. The van der Waals surface area contributed by atoms with Crippen LogP contribution in [0.25, 0.3) is 0 Å². The smallest absolute Gasteiger partial charge is 0.334 e. The molecular weight excluding hydrogens is 344 g/mol. The molecule has 1 atom stereocenters. The van der Waals surface area contributed by atoms with Gasteiger partial charge in [0.05, 0.1) is 6.61 Å². The molecule has 2 rings (SSSR count). The summed E-state index contributed by atoms with van der Waals surface area (Å²) in [6, 6.07) is 17.8. The molecule has 5 heteroatoms. The van der Waals surface area contributed by atoms with Crippen molar-refractivity contribution in [2.24, 2.45) is 0 Å². The molecule has 0 saturated carbocycles. The van der Waals surface area contributed by atoms with Crippen molar-refractivity contribution in [1.82, 2.24) is 0 Å². The summed E-state index contributed by atoms with van der Waals surface area (Å²) in [6.45, 7) is 8.91. The molecule has 0 saturated heterocycles. The molecule has 140 valence electrons. The maximum Gasteiger partial charge on any atom is 0.334 e. The van der Waals surface area contributed by atoms with Gasteiger partial charge >= 0.3 is 5.97 Å². The summed E-state index contributed by atoms with van der Waals surface area (Å²) in [6.07, 6.45) is -0.0556. The van der Waals surface area contributed by atoms with Crippen molar-refractivity contribution in [3.8, 4) is 5.75 Å². The van der Waals surface area contributed by atoms with Crippen LogP contribution in [0.3, 0.4) is 0 Å². The van der Waals surface area contributed by atoms with Crippen LogP contribution in [0.5, 0.6) is 5.75 Å². The Balaban J connectivity index is 1.97. The molecule has 0 bridgehead atoms. The number of hydrogen-bond donors (Lipinski definition) is 0. The zero-order valence-electron chi connectivity index (χ0n) is 16.0. The van der Waals surface area contributed by atoms with Crippen LogP contribution in [0, 0.1) is 0 Å². The zero-order chi connectivity index (χ0) is 19.0. The number of ether oxygens (including phenoxy) is 2. The third-order valence-electron chi connectivity index (χ3n) is 3.64. The van der Waals surface area contributed by atoms with E-state index in [0.29, 0.717) is 19.6 Å². The van der Waals surface area contributed by atoms with Gasteiger partial charge in [-0.15, -0.1) is 0 Å². The molecule has 0 fully saturated rings. The van der Waals surface area contributed by atoms with Crippen LogP contribution < -0.4 is 4.74 Å². The van der Waals surface area contributed by atoms with Gasteiger partial charge in [0.1, 0.15) is 18.5 Å². The Hall–Kier alpha value is -2.11. The molecule has 1 unspecified atom stereocenters. The fourth-order valence-corrected chi connectivity index (χ4v) is 3.54. The molecule has 0 radical (unpaired) electrons. The Bertz CT molecular complexity index is 677. The molecule has 0 aliphatic heterocycles. The van der Waals surface area contributed by atoms with E-state index >= 15 is 0 Å². The lowest BCUT2D eigenvalue weighted by Crippen LogP contribution is -2.39. The third kappa shape index (κ3) is 7.02. The summed E-state index contributed by atoms with van der Waals surface area (Å²) in [7, 11) is -1.85. The van der Waals surface area contributed by atoms with E-state index < -0.39 is 14.4 Å². The standard InChI is InChI=1S/C21H28O4Si/c1-5-23-21(22)20(25-26(2,3)4)15-17-11-13-19(14-12-17)24-16-18-9-7-6-8-10-18/h6-14,20H,5,15-16H2,1-4H3. The number of esters is 1. The molecule has 2 aromatic carbocycles. The van der Waals surface area contributed by atoms with Crippen LogP contribution in [-0.2, 0) is 27.0 Å². The Morgan fingerprint density at radius 2 is 1.62 bits per heavy atom. The molecule has 0 aliphatic carbocycles. The van der Waals surface area contributed by atoms with E-state index in [1.807, 2.05) is 61.5 Å². The van der Waals surface area contributed by atoms with Crippen molar-refractivity contribution in [3.63, 3.8) is 0 Å². The molecule has 0 aromatic heterocycles. The van der Waals surface area contributed by atoms with Gasteiger partial charge in [0, 0.05) is 6.42 Å². The first-order valence-electron chi connectivity index (χ1n) is 8.97. The van der Waals surface area contributed by atoms with Crippen molar-refractivity contribution in [2.75, 3.05) is 6.61 Å². The third-order valence-corrected chi connectivity index (χ3v) is 4.63. The molecule has 0 heterocycles. The largest absolute Gasteiger partial charge is 0.489 e. The molecular formula is C21H28O4Si. The van der Waals surface area contributed by atoms with Gasteiger partial charge in [0.2, 0.25) is 0 Å². The van der Waals surface area contributed by atoms with Gasteiger partial charge in [0.15, 0.2) is 8.32 Å². The van der Waals surface area contributed by atoms with Crippen LogP contribution in [0.4, 0.5) is 0 Å². The number of benzene rings is 2. The maximum atomic E-state index is 12.2. The van der Waals surface area contributed by atoms with Gasteiger partial charge in [-0.2, -0.15) is 0 Å². The minimum Gasteiger partial charge on any atom is -0.489 e. The van der Waals surface area contributed by atoms with Crippen molar-refractivity contribution < 1.29 is 18.7 Å². The Morgan fingerprint density at radius 3 is 2.19 bits per heavy atom. The van der Waals surface area contributed by atoms with Crippen LogP contribution in [0.1, 0.15) is 18.1 Å². The molecule has 0 spiro atoms. The van der Waals surface area contributed by atoms with E-state index in [-0.39, 0.29) is 5.97 Å². The predicted molar refractivity (Wildman–Crippen MR) is 106 cm³/mol. The molecule has 0 amide bonds. The number of carbonyl (C=O) groups is 1. The van der Waals surface area contributed by atoms with Crippen molar-refractivity contribution in [3.05, 3.63) is 65.7 Å². The lowest BCUT2D eigenvalue weighted by Gasteiger charge is -2.25. The first-order valence-corrected chi connectivity index (χ1v) is 12.4. The average Bonchev–Trinajstić information content (AvgIpc) is 2.60. The van der Waals surface area contributed by atoms with E-state index in [1.165, 1.54) is 0 Å². The SMILES string of the molecule is CCOC(=O)C(Cc1ccc(OCc2ccccc2)cc1)O[Si](C)(C)C. The number of carbonyl (C=O) groups excluding carboxylic acids is 1. The van der Waals surface area contributed by atoms with Crippen LogP contribution in [-0.4, -0.2) is 27.0 Å². The highest BCUT2D eigenvalue weighted by molar-refractivity contribution is 6.69. The molecule has 2 aromatic rings. The summed E-state index contributed by atoms with van der Waals surface area (Å²) in [5.74, 6) is 0.510. The summed E-state index contributed by atoms with van der Waals surface area (Å²) in [5.41, 5.74) is 2.15. The van der Waals surface area contributed by atoms with Gasteiger partial charge in [-0.1, -0.05) is 42.5 Å². The van der Waals surface area contributed by atoms with Gasteiger partial charge < -0.3 is 13.9 Å². The Labute approximate surface area is 157 Å². The molecule has 26 heavy (non-hydrogen) atoms. The normalized spacial score (nSPS) is 12.5. The van der Waals surface area contributed by atoms with Crippen LogP contribution in [0.2, 0.25) is 19.6 Å². The lowest BCUT2D eigenvalue weighted by atomic mass is 10.1. The molecule has 0 aliphatic rings. The fraction of sp³-hybridized carbons (Fsp3) is 0.381. The van der Waals surface area contributed by atoms with Gasteiger partial charge in [-0.25, -0.2) is 4.79 Å². The first kappa shape index (κ1) is 20.2. The van der Waals surface area contributed by atoms with Crippen molar-refractivity contribution in [1.29, 1.82) is 0 Å². The van der Waals surface area contributed by atoms with E-state index in [9.17, 15) is 4.79 Å². The maximum absolute atomic E-state index is 12.2. The number of rotatable bonds is 9. The highest BCUT2D eigenvalue weighted by Gasteiger charge is 2.27. The first-order chi connectivity index (χ1) is 12.4. The summed E-state index contributed by atoms with van der Waals surface area (Å²) < 4.78 is 17.0. The Kier molecular flexibility index (Phi) is 7.42. The van der Waals surface area contributed by atoms with Crippen molar-refractivity contribution >= 4 is 14.3 Å². The molecule has 4 nitrogen and oxygen atoms in total. The highest BCUT2D eigenvalue weighted by atomic mass is 28.4. The number of hydrogen-bond acceptors (Lipinski definition) is 4. The second-order valence-electron chi connectivity index (χ2n) is 7.09. The highest BCUT2D eigenvalue weighted by Crippen LogP contribution is 2.18. The minimum absolute atomic E-state index is 0.292. The quantitative estimate of drug-likeness (QED) is 0.477. The lowest BCUT2D eigenvalue weighted by molar-refractivity contribution is -0.151. The molecule has 0 N–H and O–H groups in total. The van der Waals surface area contributed by atoms with E-state index in [4.69, 9.17) is 13.9 Å². The summed E-state index contributed by atoms with van der Waals surface area (Å²) in [4.78, 5) is 12.2. The average molecular weight is 373 g/mol. The second kappa shape index (κ2) is 9.55. The van der Waals surface area contributed by atoms with E-state index in [2.05, 4.69) is 19.6 Å². The van der Waals surface area contributed by atoms with E-state index in [0.717, 1.165) is 16.9 Å². The van der Waals surface area contributed by atoms with Crippen LogP contribution >= 0.6 is 0 Å².